The van der Waals surface area contributed by atoms with E-state index in [0.717, 1.165) is 10.5 Å². The van der Waals surface area contributed by atoms with E-state index in [4.69, 9.17) is 9.47 Å². The highest BCUT2D eigenvalue weighted by atomic mass is 16.5. The first kappa shape index (κ1) is 20.6. The van der Waals surface area contributed by atoms with Crippen molar-refractivity contribution in [3.63, 3.8) is 0 Å². The molecule has 3 atom stereocenters. The van der Waals surface area contributed by atoms with Gasteiger partial charge in [-0.1, -0.05) is 18.2 Å². The summed E-state index contributed by atoms with van der Waals surface area (Å²) in [4.78, 5) is 50.4. The highest BCUT2D eigenvalue weighted by Crippen LogP contribution is 2.34. The minimum atomic E-state index is -1.11. The van der Waals surface area contributed by atoms with Crippen molar-refractivity contribution in [2.24, 2.45) is 11.8 Å². The molecule has 0 radical (unpaired) electrons. The molecule has 1 aromatic rings. The van der Waals surface area contributed by atoms with Crippen molar-refractivity contribution in [1.29, 1.82) is 0 Å². The zero-order chi connectivity index (χ0) is 21.1. The number of imide groups is 1. The lowest BCUT2D eigenvalue weighted by Crippen LogP contribution is -2.39. The number of nitrogens with one attached hydrogen (secondary N) is 1. The maximum atomic E-state index is 12.4. The van der Waals surface area contributed by atoms with Crippen molar-refractivity contribution >= 4 is 29.4 Å². The summed E-state index contributed by atoms with van der Waals surface area (Å²) in [5.41, 5.74) is 1.38. The third-order valence-corrected chi connectivity index (χ3v) is 5.18. The maximum absolute atomic E-state index is 12.4. The van der Waals surface area contributed by atoms with E-state index in [9.17, 15) is 19.2 Å². The SMILES string of the molecule is COc1ccc(C)cc1NC(=O)[C@@H](C)OC(=O)CN1C(=O)[C@H]2CC=CC[C@H]2C1=O. The number of esters is 1. The molecule has 1 saturated heterocycles. The number of hydrogen-bond donors (Lipinski definition) is 1. The van der Waals surface area contributed by atoms with Crippen LogP contribution in [0.2, 0.25) is 0 Å². The summed E-state index contributed by atoms with van der Waals surface area (Å²) in [6, 6.07) is 5.30. The number of rotatable bonds is 6. The summed E-state index contributed by atoms with van der Waals surface area (Å²) in [7, 11) is 1.49. The van der Waals surface area contributed by atoms with Gasteiger partial charge in [-0.25, -0.2) is 0 Å². The van der Waals surface area contributed by atoms with E-state index in [2.05, 4.69) is 5.32 Å². The zero-order valence-corrected chi connectivity index (χ0v) is 16.6. The van der Waals surface area contributed by atoms with Gasteiger partial charge in [0.2, 0.25) is 11.8 Å². The van der Waals surface area contributed by atoms with Gasteiger partial charge in [0.05, 0.1) is 24.6 Å². The first-order chi connectivity index (χ1) is 13.8. The fourth-order valence-corrected chi connectivity index (χ4v) is 3.60. The number of ether oxygens (including phenoxy) is 2. The first-order valence-electron chi connectivity index (χ1n) is 9.47. The van der Waals surface area contributed by atoms with Crippen molar-refractivity contribution in [2.75, 3.05) is 19.0 Å². The minimum Gasteiger partial charge on any atom is -0.495 e. The molecular formula is C21H24N2O6. The summed E-state index contributed by atoms with van der Waals surface area (Å²) in [6.45, 7) is 2.80. The second-order valence-electron chi connectivity index (χ2n) is 7.24. The molecule has 8 heteroatoms. The Kier molecular flexibility index (Phi) is 6.00. The Bertz CT molecular complexity index is 852. The van der Waals surface area contributed by atoms with Crippen LogP contribution < -0.4 is 10.1 Å². The molecule has 154 valence electrons. The van der Waals surface area contributed by atoms with Crippen molar-refractivity contribution in [2.45, 2.75) is 32.8 Å². The van der Waals surface area contributed by atoms with Crippen LogP contribution in [0.15, 0.2) is 30.4 Å². The quantitative estimate of drug-likeness (QED) is 0.444. The molecule has 1 N–H and O–H groups in total. The number of benzene rings is 1. The van der Waals surface area contributed by atoms with Gasteiger partial charge in [0.1, 0.15) is 12.3 Å². The third kappa shape index (κ3) is 4.31. The van der Waals surface area contributed by atoms with Gasteiger partial charge >= 0.3 is 5.97 Å². The molecule has 1 aliphatic heterocycles. The van der Waals surface area contributed by atoms with Crippen molar-refractivity contribution in [3.05, 3.63) is 35.9 Å². The summed E-state index contributed by atoms with van der Waals surface area (Å²) >= 11 is 0. The molecule has 0 spiro atoms. The van der Waals surface area contributed by atoms with Gasteiger partial charge in [-0.15, -0.1) is 0 Å². The topological polar surface area (TPSA) is 102 Å². The number of nitrogens with zero attached hydrogens (tertiary/aromatic N) is 1. The molecule has 1 fully saturated rings. The fraction of sp³-hybridized carbons (Fsp3) is 0.429. The summed E-state index contributed by atoms with van der Waals surface area (Å²) in [6.07, 6.45) is 3.64. The number of methoxy groups -OCH3 is 1. The normalized spacial score (nSPS) is 21.6. The number of allylic oxidation sites excluding steroid dienone is 2. The number of carbonyl (C=O) groups excluding carboxylic acids is 4. The predicted molar refractivity (Wildman–Crippen MR) is 104 cm³/mol. The molecule has 0 unspecified atom stereocenters. The highest BCUT2D eigenvalue weighted by molar-refractivity contribution is 6.07. The van der Waals surface area contributed by atoms with Crippen molar-refractivity contribution < 1.29 is 28.7 Å². The molecule has 0 aromatic heterocycles. The van der Waals surface area contributed by atoms with E-state index in [1.807, 2.05) is 25.1 Å². The Balaban J connectivity index is 1.58. The molecule has 3 rings (SSSR count). The van der Waals surface area contributed by atoms with Crippen molar-refractivity contribution in [1.82, 2.24) is 4.90 Å². The Morgan fingerprint density at radius 1 is 1.17 bits per heavy atom. The largest absolute Gasteiger partial charge is 0.495 e. The van der Waals surface area contributed by atoms with Crippen LogP contribution in [-0.4, -0.2) is 48.3 Å². The summed E-state index contributed by atoms with van der Waals surface area (Å²) < 4.78 is 10.4. The number of amides is 3. The molecule has 1 heterocycles. The van der Waals surface area contributed by atoms with Gasteiger partial charge in [0, 0.05) is 0 Å². The minimum absolute atomic E-state index is 0.358. The molecule has 2 aliphatic rings. The average Bonchev–Trinajstić information content (AvgIpc) is 2.93. The molecule has 8 nitrogen and oxygen atoms in total. The second-order valence-corrected chi connectivity index (χ2v) is 7.24. The number of aryl methyl sites for hydroxylation is 1. The van der Waals surface area contributed by atoms with Gasteiger partial charge in [0.15, 0.2) is 6.10 Å². The second kappa shape index (κ2) is 8.46. The number of hydrogen-bond acceptors (Lipinski definition) is 6. The Labute approximate surface area is 168 Å². The smallest absolute Gasteiger partial charge is 0.326 e. The van der Waals surface area contributed by atoms with Crippen LogP contribution in [0.4, 0.5) is 5.69 Å². The lowest BCUT2D eigenvalue weighted by atomic mass is 9.85. The lowest BCUT2D eigenvalue weighted by Gasteiger charge is -2.18. The number of fused-ring (bicyclic) bond motifs is 1. The van der Waals surface area contributed by atoms with Crippen LogP contribution in [0.5, 0.6) is 5.75 Å². The Morgan fingerprint density at radius 2 is 1.79 bits per heavy atom. The molecule has 1 aliphatic carbocycles. The molecular weight excluding hydrogens is 376 g/mol. The fourth-order valence-electron chi connectivity index (χ4n) is 3.60. The van der Waals surface area contributed by atoms with E-state index in [1.54, 1.807) is 12.1 Å². The van der Waals surface area contributed by atoms with Gasteiger partial charge < -0.3 is 14.8 Å². The zero-order valence-electron chi connectivity index (χ0n) is 16.6. The predicted octanol–water partition coefficient (Wildman–Crippen LogP) is 1.83. The van der Waals surface area contributed by atoms with E-state index >= 15 is 0 Å². The van der Waals surface area contributed by atoms with Crippen LogP contribution in [0.1, 0.15) is 25.3 Å². The summed E-state index contributed by atoms with van der Waals surface area (Å²) in [5, 5.41) is 2.66. The molecule has 1 aromatic carbocycles. The summed E-state index contributed by atoms with van der Waals surface area (Å²) in [5.74, 6) is -2.40. The van der Waals surface area contributed by atoms with Crippen LogP contribution in [0, 0.1) is 18.8 Å². The van der Waals surface area contributed by atoms with Gasteiger partial charge in [-0.2, -0.15) is 0 Å². The highest BCUT2D eigenvalue weighted by Gasteiger charge is 2.47. The third-order valence-electron chi connectivity index (χ3n) is 5.18. The van der Waals surface area contributed by atoms with E-state index in [1.165, 1.54) is 14.0 Å². The monoisotopic (exact) mass is 400 g/mol. The molecule has 0 bridgehead atoms. The van der Waals surface area contributed by atoms with Gasteiger partial charge in [0.25, 0.3) is 5.91 Å². The van der Waals surface area contributed by atoms with Gasteiger partial charge in [-0.3, -0.25) is 24.1 Å². The van der Waals surface area contributed by atoms with Crippen LogP contribution in [0.3, 0.4) is 0 Å². The van der Waals surface area contributed by atoms with E-state index in [0.29, 0.717) is 24.3 Å². The Hall–Kier alpha value is -3.16. The standard InChI is InChI=1S/C21H24N2O6/c1-12-8-9-17(28-3)16(10-12)22-19(25)13(2)29-18(24)11-23-20(26)14-6-4-5-7-15(14)21(23)27/h4-5,8-10,13-15H,6-7,11H2,1-3H3,(H,22,25)/t13-,14-,15+/m1/s1. The van der Waals surface area contributed by atoms with Gasteiger partial charge in [-0.05, 0) is 44.4 Å². The lowest BCUT2D eigenvalue weighted by molar-refractivity contribution is -0.158. The van der Waals surface area contributed by atoms with Crippen LogP contribution in [-0.2, 0) is 23.9 Å². The number of likely N-dealkylation sites (tertiary alicyclic amines) is 1. The first-order valence-corrected chi connectivity index (χ1v) is 9.47. The molecule has 29 heavy (non-hydrogen) atoms. The van der Waals surface area contributed by atoms with E-state index in [-0.39, 0.29) is 11.8 Å². The maximum Gasteiger partial charge on any atom is 0.326 e. The molecule has 3 amide bonds. The Morgan fingerprint density at radius 3 is 2.38 bits per heavy atom. The number of carbonyl (C=O) groups is 4. The van der Waals surface area contributed by atoms with Crippen LogP contribution >= 0.6 is 0 Å². The molecule has 0 saturated carbocycles. The van der Waals surface area contributed by atoms with E-state index < -0.39 is 36.4 Å². The van der Waals surface area contributed by atoms with Crippen molar-refractivity contribution in [3.8, 4) is 5.75 Å². The number of anilines is 1. The van der Waals surface area contributed by atoms with Crippen LogP contribution in [0.25, 0.3) is 0 Å². The average molecular weight is 400 g/mol.